The maximum atomic E-state index is 12.8. The molecule has 2 heterocycles. The molecular weight excluding hydrogens is 304 g/mol. The van der Waals surface area contributed by atoms with Crippen molar-refractivity contribution in [1.29, 1.82) is 0 Å². The van der Waals surface area contributed by atoms with E-state index in [0.717, 1.165) is 34.1 Å². The predicted octanol–water partition coefficient (Wildman–Crippen LogP) is 3.21. The molecule has 4 rings (SSSR count). The number of benzene rings is 2. The van der Waals surface area contributed by atoms with Crippen molar-refractivity contribution in [3.05, 3.63) is 59.4 Å². The summed E-state index contributed by atoms with van der Waals surface area (Å²) in [5.41, 5.74) is 3.43. The van der Waals surface area contributed by atoms with Crippen molar-refractivity contribution in [1.82, 2.24) is 4.98 Å². The lowest BCUT2D eigenvalue weighted by Crippen LogP contribution is -2.29. The van der Waals surface area contributed by atoms with E-state index in [9.17, 15) is 9.59 Å². The summed E-state index contributed by atoms with van der Waals surface area (Å²) in [6.45, 7) is 2.95. The Balaban J connectivity index is 1.85. The van der Waals surface area contributed by atoms with Crippen LogP contribution in [0.15, 0.2) is 42.5 Å². The van der Waals surface area contributed by atoms with Crippen molar-refractivity contribution in [3.63, 3.8) is 0 Å². The quantitative estimate of drug-likeness (QED) is 0.754. The van der Waals surface area contributed by atoms with Crippen molar-refractivity contribution in [2.45, 2.75) is 13.3 Å². The number of carbonyl (C=O) groups excluding carboxylic acids is 2. The van der Waals surface area contributed by atoms with Crippen LogP contribution in [0, 0.1) is 6.92 Å². The highest BCUT2D eigenvalue weighted by Crippen LogP contribution is 2.40. The minimum Gasteiger partial charge on any atom is -0.428 e. The minimum absolute atomic E-state index is 0.0748. The van der Waals surface area contributed by atoms with Gasteiger partial charge < -0.3 is 14.6 Å². The third-order valence-electron chi connectivity index (χ3n) is 4.45. The monoisotopic (exact) mass is 320 g/mol. The van der Waals surface area contributed by atoms with E-state index in [1.807, 2.05) is 37.3 Å². The first-order valence-corrected chi connectivity index (χ1v) is 7.81. The van der Waals surface area contributed by atoms with Crippen molar-refractivity contribution in [3.8, 4) is 5.75 Å². The number of fused-ring (bicyclic) bond motifs is 3. The lowest BCUT2D eigenvalue weighted by Gasteiger charge is -2.18. The molecule has 1 amide bonds. The van der Waals surface area contributed by atoms with Gasteiger partial charge in [-0.15, -0.1) is 0 Å². The number of rotatable bonds is 3. The number of aryl methyl sites for hydroxylation is 1. The number of anilines is 1. The molecule has 0 saturated heterocycles. The molecule has 0 spiro atoms. The molecule has 2 aromatic carbocycles. The summed E-state index contributed by atoms with van der Waals surface area (Å²) in [5.74, 6) is 0.399. The Bertz CT molecular complexity index is 958. The molecule has 1 aliphatic heterocycles. The van der Waals surface area contributed by atoms with E-state index in [1.165, 1.54) is 0 Å². The number of carbonyl (C=O) groups is 2. The molecule has 3 aromatic rings. The molecule has 0 fully saturated rings. The van der Waals surface area contributed by atoms with Crippen LogP contribution in [-0.2, 0) is 11.2 Å². The average Bonchev–Trinajstić information content (AvgIpc) is 3.21. The van der Waals surface area contributed by atoms with Gasteiger partial charge in [0.05, 0.1) is 5.69 Å². The van der Waals surface area contributed by atoms with Crippen LogP contribution in [0.4, 0.5) is 5.69 Å². The largest absolute Gasteiger partial charge is 0.428 e. The van der Waals surface area contributed by atoms with Crippen LogP contribution in [0.2, 0.25) is 0 Å². The van der Waals surface area contributed by atoms with Crippen molar-refractivity contribution >= 4 is 28.8 Å². The first-order chi connectivity index (χ1) is 11.7. The van der Waals surface area contributed by atoms with Crippen molar-refractivity contribution < 1.29 is 14.3 Å². The van der Waals surface area contributed by atoms with Gasteiger partial charge in [0.1, 0.15) is 11.4 Å². The summed E-state index contributed by atoms with van der Waals surface area (Å²) in [7, 11) is 0. The van der Waals surface area contributed by atoms with Crippen molar-refractivity contribution in [2.24, 2.45) is 0 Å². The number of ether oxygens (including phenoxy) is 1. The number of amides is 1. The number of aromatic amines is 1. The molecule has 0 bridgehead atoms. The zero-order valence-electron chi connectivity index (χ0n) is 13.2. The number of aromatic nitrogens is 1. The SMILES string of the molecule is Cc1ccc(C(=O)N2CCc3c2cc(OC=O)c2ccccc32)[nH]1. The molecule has 120 valence electrons. The molecule has 1 aliphatic rings. The van der Waals surface area contributed by atoms with Gasteiger partial charge in [-0.25, -0.2) is 0 Å². The first kappa shape index (κ1) is 14.5. The molecule has 5 nitrogen and oxygen atoms in total. The number of nitrogens with one attached hydrogen (secondary N) is 1. The molecule has 5 heteroatoms. The molecule has 24 heavy (non-hydrogen) atoms. The van der Waals surface area contributed by atoms with Crippen LogP contribution < -0.4 is 9.64 Å². The van der Waals surface area contributed by atoms with E-state index in [4.69, 9.17) is 4.74 Å². The number of nitrogens with zero attached hydrogens (tertiary/aromatic N) is 1. The zero-order valence-corrected chi connectivity index (χ0v) is 13.2. The molecule has 1 aromatic heterocycles. The van der Waals surface area contributed by atoms with Gasteiger partial charge in [-0.2, -0.15) is 0 Å². The van der Waals surface area contributed by atoms with Gasteiger partial charge >= 0.3 is 0 Å². The molecule has 1 N–H and O–H groups in total. The highest BCUT2D eigenvalue weighted by molar-refractivity contribution is 6.09. The summed E-state index contributed by atoms with van der Waals surface area (Å²) in [6, 6.07) is 13.2. The first-order valence-electron chi connectivity index (χ1n) is 7.81. The fourth-order valence-electron chi connectivity index (χ4n) is 3.37. The summed E-state index contributed by atoms with van der Waals surface area (Å²) >= 11 is 0. The molecule has 0 radical (unpaired) electrons. The smallest absolute Gasteiger partial charge is 0.298 e. The number of H-pyrrole nitrogens is 1. The van der Waals surface area contributed by atoms with Crippen LogP contribution >= 0.6 is 0 Å². The molecule has 0 saturated carbocycles. The predicted molar refractivity (Wildman–Crippen MR) is 91.6 cm³/mol. The summed E-state index contributed by atoms with van der Waals surface area (Å²) in [6.07, 6.45) is 0.780. The highest BCUT2D eigenvalue weighted by atomic mass is 16.5. The Kier molecular flexibility index (Phi) is 3.34. The van der Waals surface area contributed by atoms with E-state index in [-0.39, 0.29) is 5.91 Å². The summed E-state index contributed by atoms with van der Waals surface area (Å²) in [5, 5.41) is 1.90. The van der Waals surface area contributed by atoms with E-state index in [1.54, 1.807) is 17.0 Å². The van der Waals surface area contributed by atoms with E-state index in [2.05, 4.69) is 4.98 Å². The molecular formula is C19H16N2O3. The van der Waals surface area contributed by atoms with Crippen molar-refractivity contribution in [2.75, 3.05) is 11.4 Å². The highest BCUT2D eigenvalue weighted by Gasteiger charge is 2.29. The summed E-state index contributed by atoms with van der Waals surface area (Å²) < 4.78 is 5.16. The van der Waals surface area contributed by atoms with E-state index < -0.39 is 0 Å². The lowest BCUT2D eigenvalue weighted by atomic mass is 10.0. The van der Waals surface area contributed by atoms with Gasteiger partial charge in [-0.1, -0.05) is 24.3 Å². The minimum atomic E-state index is -0.0748. The zero-order chi connectivity index (χ0) is 16.7. The second-order valence-corrected chi connectivity index (χ2v) is 5.89. The molecule has 0 unspecified atom stereocenters. The normalized spacial score (nSPS) is 13.1. The third-order valence-corrected chi connectivity index (χ3v) is 4.45. The van der Waals surface area contributed by atoms with Gasteiger partial charge in [0.25, 0.3) is 12.4 Å². The molecule has 0 aliphatic carbocycles. The van der Waals surface area contributed by atoms with Gasteiger partial charge in [0.2, 0.25) is 0 Å². The Morgan fingerprint density at radius 2 is 2.00 bits per heavy atom. The molecule has 0 atom stereocenters. The maximum absolute atomic E-state index is 12.8. The Hall–Kier alpha value is -3.08. The fraction of sp³-hybridized carbons (Fsp3) is 0.158. The second-order valence-electron chi connectivity index (χ2n) is 5.89. The lowest BCUT2D eigenvalue weighted by molar-refractivity contribution is -0.120. The van der Waals surface area contributed by atoms with Crippen LogP contribution in [0.5, 0.6) is 5.75 Å². The van der Waals surface area contributed by atoms with Crippen LogP contribution in [0.25, 0.3) is 10.8 Å². The van der Waals surface area contributed by atoms with E-state index >= 15 is 0 Å². The van der Waals surface area contributed by atoms with Crippen LogP contribution in [0.3, 0.4) is 0 Å². The Labute approximate surface area is 138 Å². The maximum Gasteiger partial charge on any atom is 0.298 e. The van der Waals surface area contributed by atoms with Crippen LogP contribution in [0.1, 0.15) is 21.7 Å². The second kappa shape index (κ2) is 5.53. The number of hydrogen-bond acceptors (Lipinski definition) is 3. The number of hydrogen-bond donors (Lipinski definition) is 1. The standard InChI is InChI=1S/C19H16N2O3/c1-12-6-7-16(20-12)19(23)21-9-8-14-13-4-2-3-5-15(13)18(24-11-22)10-17(14)21/h2-7,10-11,20H,8-9H2,1H3. The topological polar surface area (TPSA) is 62.4 Å². The average molecular weight is 320 g/mol. The van der Waals surface area contributed by atoms with Gasteiger partial charge in [0, 0.05) is 23.7 Å². The van der Waals surface area contributed by atoms with Crippen LogP contribution in [-0.4, -0.2) is 23.9 Å². The third kappa shape index (κ3) is 2.17. The van der Waals surface area contributed by atoms with Gasteiger partial charge in [0.15, 0.2) is 0 Å². The Morgan fingerprint density at radius 1 is 1.21 bits per heavy atom. The Morgan fingerprint density at radius 3 is 2.71 bits per heavy atom. The van der Waals surface area contributed by atoms with E-state index in [0.29, 0.717) is 24.5 Å². The fourth-order valence-corrected chi connectivity index (χ4v) is 3.37. The van der Waals surface area contributed by atoms with Gasteiger partial charge in [-0.05, 0) is 36.4 Å². The summed E-state index contributed by atoms with van der Waals surface area (Å²) in [4.78, 5) is 28.5. The van der Waals surface area contributed by atoms with Gasteiger partial charge in [-0.3, -0.25) is 9.59 Å².